The molecule has 4 rings (SSSR count). The average molecular weight is 486 g/mol. The van der Waals surface area contributed by atoms with E-state index in [1.807, 2.05) is 0 Å². The summed E-state index contributed by atoms with van der Waals surface area (Å²) in [4.78, 5) is 12.9. The summed E-state index contributed by atoms with van der Waals surface area (Å²) in [6.45, 7) is 0.169. The van der Waals surface area contributed by atoms with E-state index in [2.05, 4.69) is 8.75 Å². The Labute approximate surface area is 187 Å². The number of ether oxygens (including phenoxy) is 1. The average Bonchev–Trinajstić information content (AvgIpc) is 3.21. The SMILES string of the molecule is O=C(OCc1ccc(Cl)cc1Cl)C1CCCCN1S(=O)(=O)c1cccc2nsnc12. The molecule has 1 atom stereocenters. The minimum Gasteiger partial charge on any atom is -0.460 e. The van der Waals surface area contributed by atoms with Crippen LogP contribution in [-0.2, 0) is 26.2 Å². The molecule has 1 aliphatic rings. The number of benzene rings is 2. The fraction of sp³-hybridized carbons (Fsp3) is 0.316. The lowest BCUT2D eigenvalue weighted by molar-refractivity contribution is -0.150. The lowest BCUT2D eigenvalue weighted by atomic mass is 10.1. The number of carbonyl (C=O) groups excluding carboxylic acids is 1. The summed E-state index contributed by atoms with van der Waals surface area (Å²) in [6, 6.07) is 8.79. The van der Waals surface area contributed by atoms with Gasteiger partial charge in [-0.25, -0.2) is 8.42 Å². The minimum atomic E-state index is -3.96. The lowest BCUT2D eigenvalue weighted by Gasteiger charge is -2.33. The molecule has 1 aromatic heterocycles. The van der Waals surface area contributed by atoms with Gasteiger partial charge in [0.15, 0.2) is 0 Å². The fourth-order valence-electron chi connectivity index (χ4n) is 3.43. The summed E-state index contributed by atoms with van der Waals surface area (Å²) in [7, 11) is -3.96. The van der Waals surface area contributed by atoms with Crippen molar-refractivity contribution in [3.8, 4) is 0 Å². The number of hydrogen-bond donors (Lipinski definition) is 0. The van der Waals surface area contributed by atoms with Crippen LogP contribution >= 0.6 is 34.9 Å². The van der Waals surface area contributed by atoms with Crippen LogP contribution in [-0.4, -0.2) is 40.0 Å². The molecule has 158 valence electrons. The van der Waals surface area contributed by atoms with Crippen LogP contribution in [0.5, 0.6) is 0 Å². The maximum atomic E-state index is 13.4. The van der Waals surface area contributed by atoms with Crippen molar-refractivity contribution in [2.45, 2.75) is 36.8 Å². The molecule has 30 heavy (non-hydrogen) atoms. The normalized spacial score (nSPS) is 17.9. The predicted molar refractivity (Wildman–Crippen MR) is 115 cm³/mol. The fourth-order valence-corrected chi connectivity index (χ4v) is 6.29. The number of halogens is 2. The van der Waals surface area contributed by atoms with E-state index < -0.39 is 22.0 Å². The first-order valence-corrected chi connectivity index (χ1v) is 12.1. The van der Waals surface area contributed by atoms with Crippen molar-refractivity contribution < 1.29 is 17.9 Å². The van der Waals surface area contributed by atoms with Gasteiger partial charge in [0, 0.05) is 22.2 Å². The van der Waals surface area contributed by atoms with Crippen molar-refractivity contribution in [1.29, 1.82) is 0 Å². The molecule has 2 aromatic carbocycles. The lowest BCUT2D eigenvalue weighted by Crippen LogP contribution is -2.48. The highest BCUT2D eigenvalue weighted by molar-refractivity contribution is 7.89. The zero-order valence-electron chi connectivity index (χ0n) is 15.6. The molecule has 1 unspecified atom stereocenters. The summed E-state index contributed by atoms with van der Waals surface area (Å²) in [5.41, 5.74) is 1.42. The maximum absolute atomic E-state index is 13.4. The first kappa shape index (κ1) is 21.5. The molecule has 0 N–H and O–H groups in total. The number of carbonyl (C=O) groups is 1. The maximum Gasteiger partial charge on any atom is 0.324 e. The van der Waals surface area contributed by atoms with Crippen molar-refractivity contribution in [3.63, 3.8) is 0 Å². The third kappa shape index (κ3) is 4.17. The predicted octanol–water partition coefficient (Wildman–Crippen LogP) is 4.28. The van der Waals surface area contributed by atoms with E-state index >= 15 is 0 Å². The summed E-state index contributed by atoms with van der Waals surface area (Å²) in [6.07, 6.45) is 1.78. The summed E-state index contributed by atoms with van der Waals surface area (Å²) < 4.78 is 41.7. The van der Waals surface area contributed by atoms with Gasteiger partial charge < -0.3 is 4.74 Å². The second-order valence-electron chi connectivity index (χ2n) is 6.86. The van der Waals surface area contributed by atoms with Crippen LogP contribution < -0.4 is 0 Å². The van der Waals surface area contributed by atoms with Gasteiger partial charge in [0.2, 0.25) is 10.0 Å². The highest BCUT2D eigenvalue weighted by Gasteiger charge is 2.39. The number of fused-ring (bicyclic) bond motifs is 1. The van der Waals surface area contributed by atoms with E-state index in [0.717, 1.165) is 18.1 Å². The largest absolute Gasteiger partial charge is 0.460 e. The van der Waals surface area contributed by atoms with Crippen LogP contribution in [0.1, 0.15) is 24.8 Å². The Morgan fingerprint density at radius 3 is 2.83 bits per heavy atom. The molecule has 0 spiro atoms. The van der Waals surface area contributed by atoms with Gasteiger partial charge in [0.05, 0.1) is 11.7 Å². The third-order valence-corrected chi connectivity index (χ3v) is 8.02. The summed E-state index contributed by atoms with van der Waals surface area (Å²) >= 11 is 13.0. The molecule has 2 heterocycles. The van der Waals surface area contributed by atoms with E-state index in [4.69, 9.17) is 27.9 Å². The van der Waals surface area contributed by atoms with Crippen molar-refractivity contribution in [1.82, 2.24) is 13.1 Å². The Balaban J connectivity index is 1.58. The Kier molecular flexibility index (Phi) is 6.26. The van der Waals surface area contributed by atoms with Crippen molar-refractivity contribution in [3.05, 3.63) is 52.0 Å². The van der Waals surface area contributed by atoms with Gasteiger partial charge in [-0.3, -0.25) is 4.79 Å². The summed E-state index contributed by atoms with van der Waals surface area (Å²) in [5.74, 6) is -0.604. The number of esters is 1. The van der Waals surface area contributed by atoms with Gasteiger partial charge in [0.1, 0.15) is 28.6 Å². The van der Waals surface area contributed by atoms with Crippen LogP contribution in [0.25, 0.3) is 11.0 Å². The van der Waals surface area contributed by atoms with Crippen LogP contribution in [0, 0.1) is 0 Å². The van der Waals surface area contributed by atoms with Crippen LogP contribution in [0.2, 0.25) is 10.0 Å². The quantitative estimate of drug-likeness (QED) is 0.500. The van der Waals surface area contributed by atoms with E-state index in [9.17, 15) is 13.2 Å². The van der Waals surface area contributed by atoms with Gasteiger partial charge in [-0.2, -0.15) is 13.1 Å². The molecule has 11 heteroatoms. The number of sulfonamides is 1. The number of rotatable bonds is 5. The first-order chi connectivity index (χ1) is 14.4. The molecule has 0 bridgehead atoms. The number of nitrogens with zero attached hydrogens (tertiary/aromatic N) is 3. The standard InChI is InChI=1S/C19H17Cl2N3O4S2/c20-13-8-7-12(14(21)10-13)11-28-19(25)16-5-1-2-9-24(16)30(26,27)17-6-3-4-15-18(17)23-29-22-15/h3-4,6-8,10,16H,1-2,5,9,11H2. The molecular weight excluding hydrogens is 469 g/mol. The van der Waals surface area contributed by atoms with E-state index in [1.54, 1.807) is 30.3 Å². The topological polar surface area (TPSA) is 89.5 Å². The van der Waals surface area contributed by atoms with Crippen molar-refractivity contribution in [2.24, 2.45) is 0 Å². The second kappa shape index (κ2) is 8.76. The van der Waals surface area contributed by atoms with E-state index in [0.29, 0.717) is 39.5 Å². The molecule has 0 radical (unpaired) electrons. The Hall–Kier alpha value is -1.78. The molecule has 0 aliphatic carbocycles. The van der Waals surface area contributed by atoms with E-state index in [1.165, 1.54) is 10.4 Å². The minimum absolute atomic E-state index is 0.0502. The highest BCUT2D eigenvalue weighted by Crippen LogP contribution is 2.30. The summed E-state index contributed by atoms with van der Waals surface area (Å²) in [5, 5.41) is 0.858. The van der Waals surface area contributed by atoms with Crippen molar-refractivity contribution in [2.75, 3.05) is 6.54 Å². The van der Waals surface area contributed by atoms with Gasteiger partial charge in [-0.05, 0) is 43.5 Å². The molecule has 1 saturated heterocycles. The Morgan fingerprint density at radius 1 is 1.20 bits per heavy atom. The molecule has 3 aromatic rings. The Bertz CT molecular complexity index is 1200. The van der Waals surface area contributed by atoms with Crippen LogP contribution in [0.15, 0.2) is 41.3 Å². The molecule has 0 saturated carbocycles. The molecule has 0 amide bonds. The van der Waals surface area contributed by atoms with Crippen molar-refractivity contribution >= 4 is 62.0 Å². The van der Waals surface area contributed by atoms with E-state index in [-0.39, 0.29) is 18.0 Å². The Morgan fingerprint density at radius 2 is 2.03 bits per heavy atom. The monoisotopic (exact) mass is 485 g/mol. The third-order valence-electron chi connectivity index (χ3n) is 4.95. The van der Waals surface area contributed by atoms with Gasteiger partial charge in [0.25, 0.3) is 0 Å². The molecule has 1 fully saturated rings. The zero-order valence-corrected chi connectivity index (χ0v) is 18.8. The number of piperidine rings is 1. The highest BCUT2D eigenvalue weighted by atomic mass is 35.5. The molecule has 7 nitrogen and oxygen atoms in total. The van der Waals surface area contributed by atoms with Crippen LogP contribution in [0.3, 0.4) is 0 Å². The molecule has 1 aliphatic heterocycles. The van der Waals surface area contributed by atoms with Gasteiger partial charge in [-0.1, -0.05) is 35.3 Å². The van der Waals surface area contributed by atoms with Crippen LogP contribution in [0.4, 0.5) is 0 Å². The second-order valence-corrected chi connectivity index (χ2v) is 10.1. The number of aromatic nitrogens is 2. The smallest absolute Gasteiger partial charge is 0.324 e. The van der Waals surface area contributed by atoms with Gasteiger partial charge >= 0.3 is 5.97 Å². The zero-order chi connectivity index (χ0) is 21.3. The van der Waals surface area contributed by atoms with Gasteiger partial charge in [-0.15, -0.1) is 0 Å². The molecular formula is C19H17Cl2N3O4S2. The first-order valence-electron chi connectivity index (χ1n) is 9.21. The number of hydrogen-bond acceptors (Lipinski definition) is 7.